The van der Waals surface area contributed by atoms with E-state index >= 15 is 0 Å². The second kappa shape index (κ2) is 5.70. The number of nitrogens with one attached hydrogen (secondary N) is 1. The molecule has 0 radical (unpaired) electrons. The van der Waals surface area contributed by atoms with Crippen LogP contribution < -0.4 is 10.2 Å². The van der Waals surface area contributed by atoms with Gasteiger partial charge in [0.2, 0.25) is 0 Å². The summed E-state index contributed by atoms with van der Waals surface area (Å²) in [5.41, 5.74) is 7.26. The highest BCUT2D eigenvalue weighted by atomic mass is 16.6. The lowest BCUT2D eigenvalue weighted by molar-refractivity contribution is 0.181. The Bertz CT molecular complexity index is 770. The minimum absolute atomic E-state index is 0.249. The number of fused-ring (bicyclic) bond motifs is 1. The molecule has 0 unspecified atom stereocenters. The molecule has 0 aromatic heterocycles. The Morgan fingerprint density at radius 1 is 1.17 bits per heavy atom. The van der Waals surface area contributed by atoms with Gasteiger partial charge in [0.05, 0.1) is 12.2 Å². The molecule has 4 nitrogen and oxygen atoms in total. The third-order valence-corrected chi connectivity index (χ3v) is 4.63. The summed E-state index contributed by atoms with van der Waals surface area (Å²) in [6.07, 6.45) is 0.769. The number of aryl methyl sites for hydroxylation is 1. The first-order valence-corrected chi connectivity index (χ1v) is 8.11. The predicted octanol–water partition coefficient (Wildman–Crippen LogP) is 3.26. The first-order chi connectivity index (χ1) is 11.2. The van der Waals surface area contributed by atoms with E-state index in [1.54, 1.807) is 4.90 Å². The van der Waals surface area contributed by atoms with Gasteiger partial charge in [0.15, 0.2) is 0 Å². The molecule has 2 aromatic carbocycles. The lowest BCUT2D eigenvalue weighted by Gasteiger charge is -2.24. The van der Waals surface area contributed by atoms with Crippen molar-refractivity contribution in [1.29, 1.82) is 0 Å². The summed E-state index contributed by atoms with van der Waals surface area (Å²) in [6.45, 7) is 5.08. The fourth-order valence-corrected chi connectivity index (χ4v) is 3.50. The van der Waals surface area contributed by atoms with Crippen LogP contribution in [-0.2, 0) is 17.7 Å². The third-order valence-electron chi connectivity index (χ3n) is 4.63. The zero-order valence-corrected chi connectivity index (χ0v) is 13.3. The average molecular weight is 308 g/mol. The zero-order valence-electron chi connectivity index (χ0n) is 13.3. The Morgan fingerprint density at radius 2 is 2.09 bits per heavy atom. The molecule has 0 spiro atoms. The third kappa shape index (κ3) is 2.49. The fourth-order valence-electron chi connectivity index (χ4n) is 3.50. The Hall–Kier alpha value is -2.33. The van der Waals surface area contributed by atoms with Crippen LogP contribution in [0.15, 0.2) is 36.4 Å². The molecular weight excluding hydrogens is 288 g/mol. The van der Waals surface area contributed by atoms with Gasteiger partial charge in [0.1, 0.15) is 6.61 Å². The van der Waals surface area contributed by atoms with Crippen molar-refractivity contribution in [2.45, 2.75) is 19.9 Å². The molecule has 23 heavy (non-hydrogen) atoms. The van der Waals surface area contributed by atoms with Gasteiger partial charge in [-0.05, 0) is 48.7 Å². The number of nitrogens with zero attached hydrogens (tertiary/aromatic N) is 1. The predicted molar refractivity (Wildman–Crippen MR) is 90.7 cm³/mol. The highest BCUT2D eigenvalue weighted by Crippen LogP contribution is 2.37. The molecule has 1 N–H and O–H groups in total. The molecule has 2 aliphatic heterocycles. The maximum absolute atomic E-state index is 12.0. The van der Waals surface area contributed by atoms with Crippen LogP contribution in [0.3, 0.4) is 0 Å². The van der Waals surface area contributed by atoms with E-state index < -0.39 is 0 Å². The number of carbonyl (C=O) groups is 1. The molecule has 2 aliphatic rings. The lowest BCUT2D eigenvalue weighted by atomic mass is 9.90. The number of carbonyl (C=O) groups excluding carboxylic acids is 1. The Balaban J connectivity index is 1.89. The van der Waals surface area contributed by atoms with Crippen molar-refractivity contribution in [1.82, 2.24) is 5.32 Å². The largest absolute Gasteiger partial charge is 0.447 e. The zero-order chi connectivity index (χ0) is 15.8. The van der Waals surface area contributed by atoms with Crippen LogP contribution in [0.1, 0.15) is 16.7 Å². The van der Waals surface area contributed by atoms with Crippen molar-refractivity contribution >= 4 is 11.8 Å². The number of hydrogen-bond donors (Lipinski definition) is 1. The molecule has 4 rings (SSSR count). The average Bonchev–Trinajstić information content (AvgIpc) is 3.00. The molecule has 2 aromatic rings. The standard InChI is InChI=1S/C19H20N2O2/c1-13-5-6-18(21-9-10-23-19(21)22)17(11-13)16-4-2-3-14-12-20-8-7-15(14)16/h2-6,11,20H,7-10,12H2,1H3. The minimum atomic E-state index is -0.249. The van der Waals surface area contributed by atoms with Gasteiger partial charge in [0.25, 0.3) is 0 Å². The number of hydrogen-bond acceptors (Lipinski definition) is 3. The van der Waals surface area contributed by atoms with Gasteiger partial charge in [-0.3, -0.25) is 4.90 Å². The molecule has 1 saturated heterocycles. The van der Waals surface area contributed by atoms with E-state index in [9.17, 15) is 4.79 Å². The van der Waals surface area contributed by atoms with Gasteiger partial charge in [0, 0.05) is 12.1 Å². The van der Waals surface area contributed by atoms with Gasteiger partial charge in [-0.1, -0.05) is 29.8 Å². The van der Waals surface area contributed by atoms with E-state index in [0.717, 1.165) is 30.8 Å². The minimum Gasteiger partial charge on any atom is -0.447 e. The van der Waals surface area contributed by atoms with Crippen LogP contribution in [-0.4, -0.2) is 25.8 Å². The molecule has 1 fully saturated rings. The van der Waals surface area contributed by atoms with E-state index in [1.807, 2.05) is 6.07 Å². The van der Waals surface area contributed by atoms with Gasteiger partial charge < -0.3 is 10.1 Å². The summed E-state index contributed by atoms with van der Waals surface area (Å²) < 4.78 is 5.13. The summed E-state index contributed by atoms with van der Waals surface area (Å²) >= 11 is 0. The van der Waals surface area contributed by atoms with Crippen molar-refractivity contribution in [3.05, 3.63) is 53.1 Å². The number of rotatable bonds is 2. The van der Waals surface area contributed by atoms with Gasteiger partial charge in [-0.15, -0.1) is 0 Å². The van der Waals surface area contributed by atoms with E-state index in [0.29, 0.717) is 13.2 Å². The molecule has 4 heteroatoms. The number of ether oxygens (including phenoxy) is 1. The van der Waals surface area contributed by atoms with Gasteiger partial charge in [-0.2, -0.15) is 0 Å². The summed E-state index contributed by atoms with van der Waals surface area (Å²) in [7, 11) is 0. The van der Waals surface area contributed by atoms with Crippen molar-refractivity contribution in [3.63, 3.8) is 0 Å². The fraction of sp³-hybridized carbons (Fsp3) is 0.316. The van der Waals surface area contributed by atoms with Crippen LogP contribution in [0, 0.1) is 6.92 Å². The van der Waals surface area contributed by atoms with Crippen molar-refractivity contribution < 1.29 is 9.53 Å². The van der Waals surface area contributed by atoms with Crippen molar-refractivity contribution in [3.8, 4) is 11.1 Å². The Morgan fingerprint density at radius 3 is 2.91 bits per heavy atom. The van der Waals surface area contributed by atoms with Crippen molar-refractivity contribution in [2.24, 2.45) is 0 Å². The topological polar surface area (TPSA) is 41.6 Å². The first kappa shape index (κ1) is 14.3. The smallest absolute Gasteiger partial charge is 0.414 e. The van der Waals surface area contributed by atoms with Gasteiger partial charge >= 0.3 is 6.09 Å². The van der Waals surface area contributed by atoms with Crippen molar-refractivity contribution in [2.75, 3.05) is 24.6 Å². The SMILES string of the molecule is Cc1ccc(N2CCOC2=O)c(-c2cccc3c2CCNC3)c1. The molecule has 0 atom stereocenters. The maximum atomic E-state index is 12.0. The molecule has 0 aliphatic carbocycles. The highest BCUT2D eigenvalue weighted by Gasteiger charge is 2.27. The van der Waals surface area contributed by atoms with Crippen LogP contribution in [0.5, 0.6) is 0 Å². The quantitative estimate of drug-likeness (QED) is 0.926. The molecule has 118 valence electrons. The van der Waals surface area contributed by atoms with Crippen LogP contribution in [0.25, 0.3) is 11.1 Å². The lowest BCUT2D eigenvalue weighted by Crippen LogP contribution is -2.25. The first-order valence-electron chi connectivity index (χ1n) is 8.11. The Labute approximate surface area is 136 Å². The highest BCUT2D eigenvalue weighted by molar-refractivity contribution is 5.95. The number of amides is 1. The molecule has 0 bridgehead atoms. The van der Waals surface area contributed by atoms with E-state index in [-0.39, 0.29) is 6.09 Å². The summed E-state index contributed by atoms with van der Waals surface area (Å²) in [5.74, 6) is 0. The van der Waals surface area contributed by atoms with Crippen LogP contribution in [0.2, 0.25) is 0 Å². The van der Waals surface area contributed by atoms with Gasteiger partial charge in [-0.25, -0.2) is 4.79 Å². The second-order valence-electron chi connectivity index (χ2n) is 6.16. The number of anilines is 1. The summed E-state index contributed by atoms with van der Waals surface area (Å²) in [4.78, 5) is 13.8. The second-order valence-corrected chi connectivity index (χ2v) is 6.16. The summed E-state index contributed by atoms with van der Waals surface area (Å²) in [6, 6.07) is 12.7. The normalized spacial score (nSPS) is 17.1. The molecule has 2 heterocycles. The van der Waals surface area contributed by atoms with Crippen LogP contribution in [0.4, 0.5) is 10.5 Å². The number of benzene rings is 2. The maximum Gasteiger partial charge on any atom is 0.414 e. The van der Waals surface area contributed by atoms with E-state index in [4.69, 9.17) is 4.74 Å². The Kier molecular flexibility index (Phi) is 3.54. The van der Waals surface area contributed by atoms with Crippen LogP contribution >= 0.6 is 0 Å². The molecule has 0 saturated carbocycles. The van der Waals surface area contributed by atoms with E-state index in [1.165, 1.54) is 22.3 Å². The summed E-state index contributed by atoms with van der Waals surface area (Å²) in [5, 5.41) is 3.42. The molecular formula is C19H20N2O2. The monoisotopic (exact) mass is 308 g/mol. The number of cyclic esters (lactones) is 1. The van der Waals surface area contributed by atoms with E-state index in [2.05, 4.69) is 42.6 Å². The molecule has 1 amide bonds.